The van der Waals surface area contributed by atoms with Gasteiger partial charge in [-0.05, 0) is 43.4 Å². The molecule has 1 aliphatic heterocycles. The summed E-state index contributed by atoms with van der Waals surface area (Å²) < 4.78 is 5.57. The number of nitrogens with zero attached hydrogens (tertiary/aromatic N) is 1. The third-order valence-corrected chi connectivity index (χ3v) is 5.10. The molecule has 1 heterocycles. The lowest BCUT2D eigenvalue weighted by Crippen LogP contribution is -2.54. The molecule has 0 radical (unpaired) electrons. The number of benzene rings is 1. The molecule has 0 spiro atoms. The van der Waals surface area contributed by atoms with Crippen molar-refractivity contribution in [2.45, 2.75) is 45.1 Å². The van der Waals surface area contributed by atoms with E-state index in [4.69, 9.17) is 4.74 Å². The number of rotatable bonds is 3. The topological polar surface area (TPSA) is 24.5 Å². The Balaban J connectivity index is 1.74. The molecule has 1 aromatic rings. The number of hydrogen-bond acceptors (Lipinski definition) is 3. The number of nitrogens with one attached hydrogen (secondary N) is 1. The third kappa shape index (κ3) is 3.34. The fourth-order valence-electron chi connectivity index (χ4n) is 3.90. The van der Waals surface area contributed by atoms with Crippen molar-refractivity contribution in [2.24, 2.45) is 5.92 Å². The highest BCUT2D eigenvalue weighted by molar-refractivity contribution is 5.60. The maximum atomic E-state index is 5.57. The Morgan fingerprint density at radius 1 is 1.19 bits per heavy atom. The molecule has 1 N–H and O–H groups in total. The molecule has 0 bridgehead atoms. The average Bonchev–Trinajstić information content (AvgIpc) is 2.56. The maximum absolute atomic E-state index is 5.57. The van der Waals surface area contributed by atoms with Crippen molar-refractivity contribution in [1.29, 1.82) is 0 Å². The largest absolute Gasteiger partial charge is 0.495 e. The van der Waals surface area contributed by atoms with Gasteiger partial charge in [0.2, 0.25) is 0 Å². The smallest absolute Gasteiger partial charge is 0.142 e. The SMILES string of the molecule is COc1ccc(C)cc1N1CCNC(C2CCCCC2)C1. The Kier molecular flexibility index (Phi) is 4.69. The van der Waals surface area contributed by atoms with Crippen LogP contribution in [0.4, 0.5) is 5.69 Å². The van der Waals surface area contributed by atoms with Gasteiger partial charge in [0.25, 0.3) is 0 Å². The minimum absolute atomic E-state index is 0.643. The first-order valence-electron chi connectivity index (χ1n) is 8.41. The quantitative estimate of drug-likeness (QED) is 0.923. The number of aryl methyl sites for hydroxylation is 1. The van der Waals surface area contributed by atoms with Gasteiger partial charge in [0.15, 0.2) is 0 Å². The summed E-state index contributed by atoms with van der Waals surface area (Å²) in [4.78, 5) is 2.52. The van der Waals surface area contributed by atoms with Crippen molar-refractivity contribution in [3.63, 3.8) is 0 Å². The van der Waals surface area contributed by atoms with E-state index in [0.29, 0.717) is 6.04 Å². The lowest BCUT2D eigenvalue weighted by Gasteiger charge is -2.40. The van der Waals surface area contributed by atoms with Gasteiger partial charge in [-0.3, -0.25) is 0 Å². The molecule has 3 nitrogen and oxygen atoms in total. The van der Waals surface area contributed by atoms with E-state index in [2.05, 4.69) is 35.3 Å². The Labute approximate surface area is 128 Å². The number of ether oxygens (including phenoxy) is 1. The van der Waals surface area contributed by atoms with E-state index in [9.17, 15) is 0 Å². The molecule has 3 heteroatoms. The maximum Gasteiger partial charge on any atom is 0.142 e. The summed E-state index contributed by atoms with van der Waals surface area (Å²) >= 11 is 0. The first kappa shape index (κ1) is 14.7. The highest BCUT2D eigenvalue weighted by atomic mass is 16.5. The molecule has 1 saturated heterocycles. The highest BCUT2D eigenvalue weighted by Crippen LogP contribution is 2.33. The molecule has 1 aliphatic carbocycles. The van der Waals surface area contributed by atoms with Gasteiger partial charge in [0, 0.05) is 25.7 Å². The van der Waals surface area contributed by atoms with Crippen LogP contribution in [0.25, 0.3) is 0 Å². The fourth-order valence-corrected chi connectivity index (χ4v) is 3.90. The second kappa shape index (κ2) is 6.69. The van der Waals surface area contributed by atoms with Crippen LogP contribution in [0.1, 0.15) is 37.7 Å². The van der Waals surface area contributed by atoms with Crippen LogP contribution in [0.15, 0.2) is 18.2 Å². The summed E-state index contributed by atoms with van der Waals surface area (Å²) in [6.45, 7) is 5.43. The predicted octanol–water partition coefficient (Wildman–Crippen LogP) is 3.36. The van der Waals surface area contributed by atoms with Crippen LogP contribution < -0.4 is 15.0 Å². The van der Waals surface area contributed by atoms with E-state index in [1.54, 1.807) is 7.11 Å². The Bertz CT molecular complexity index is 468. The highest BCUT2D eigenvalue weighted by Gasteiger charge is 2.29. The number of hydrogen-bond donors (Lipinski definition) is 1. The molecule has 1 saturated carbocycles. The van der Waals surface area contributed by atoms with Gasteiger partial charge in [-0.15, -0.1) is 0 Å². The zero-order chi connectivity index (χ0) is 14.7. The minimum Gasteiger partial charge on any atom is -0.495 e. The predicted molar refractivity (Wildman–Crippen MR) is 88.3 cm³/mol. The molecule has 0 aromatic heterocycles. The summed E-state index contributed by atoms with van der Waals surface area (Å²) in [6.07, 6.45) is 7.05. The van der Waals surface area contributed by atoms with Crippen LogP contribution in [0.2, 0.25) is 0 Å². The van der Waals surface area contributed by atoms with Crippen molar-refractivity contribution >= 4 is 5.69 Å². The van der Waals surface area contributed by atoms with E-state index < -0.39 is 0 Å². The van der Waals surface area contributed by atoms with E-state index in [1.807, 2.05) is 0 Å². The molecule has 3 rings (SSSR count). The number of anilines is 1. The molecule has 2 fully saturated rings. The van der Waals surface area contributed by atoms with Gasteiger partial charge in [-0.25, -0.2) is 0 Å². The normalized spacial score (nSPS) is 24.1. The van der Waals surface area contributed by atoms with Gasteiger partial charge in [-0.2, -0.15) is 0 Å². The molecule has 1 atom stereocenters. The zero-order valence-electron chi connectivity index (χ0n) is 13.4. The van der Waals surface area contributed by atoms with Crippen LogP contribution in [0.5, 0.6) is 5.75 Å². The zero-order valence-corrected chi connectivity index (χ0v) is 13.4. The lowest BCUT2D eigenvalue weighted by atomic mass is 9.83. The second-order valence-electron chi connectivity index (χ2n) is 6.58. The molecule has 21 heavy (non-hydrogen) atoms. The molecular formula is C18H28N2O. The fraction of sp³-hybridized carbons (Fsp3) is 0.667. The van der Waals surface area contributed by atoms with Crippen LogP contribution >= 0.6 is 0 Å². The van der Waals surface area contributed by atoms with Crippen molar-refractivity contribution in [3.8, 4) is 5.75 Å². The Morgan fingerprint density at radius 3 is 2.76 bits per heavy atom. The molecule has 1 unspecified atom stereocenters. The average molecular weight is 288 g/mol. The van der Waals surface area contributed by atoms with Gasteiger partial charge < -0.3 is 15.0 Å². The molecule has 2 aliphatic rings. The molecule has 116 valence electrons. The molecular weight excluding hydrogens is 260 g/mol. The van der Waals surface area contributed by atoms with Crippen molar-refractivity contribution in [2.75, 3.05) is 31.6 Å². The van der Waals surface area contributed by atoms with E-state index in [0.717, 1.165) is 31.3 Å². The number of methoxy groups -OCH3 is 1. The van der Waals surface area contributed by atoms with E-state index >= 15 is 0 Å². The summed E-state index contributed by atoms with van der Waals surface area (Å²) in [7, 11) is 1.77. The first-order chi connectivity index (χ1) is 10.3. The number of piperazine rings is 1. The van der Waals surface area contributed by atoms with Gasteiger partial charge in [0.1, 0.15) is 5.75 Å². The van der Waals surface area contributed by atoms with Crippen molar-refractivity contribution in [1.82, 2.24) is 5.32 Å². The van der Waals surface area contributed by atoms with Crippen molar-refractivity contribution < 1.29 is 4.74 Å². The summed E-state index contributed by atoms with van der Waals surface area (Å²) in [5.41, 5.74) is 2.57. The van der Waals surface area contributed by atoms with Gasteiger partial charge in [-0.1, -0.05) is 25.3 Å². The molecule has 1 aromatic carbocycles. The van der Waals surface area contributed by atoms with Crippen LogP contribution in [-0.4, -0.2) is 32.8 Å². The van der Waals surface area contributed by atoms with E-state index in [-0.39, 0.29) is 0 Å². The van der Waals surface area contributed by atoms with Crippen molar-refractivity contribution in [3.05, 3.63) is 23.8 Å². The van der Waals surface area contributed by atoms with Gasteiger partial charge in [0.05, 0.1) is 12.8 Å². The Hall–Kier alpha value is -1.22. The summed E-state index contributed by atoms with van der Waals surface area (Å²) in [5.74, 6) is 1.86. The van der Waals surface area contributed by atoms with Crippen LogP contribution in [0.3, 0.4) is 0 Å². The monoisotopic (exact) mass is 288 g/mol. The third-order valence-electron chi connectivity index (χ3n) is 5.10. The molecule has 0 amide bonds. The lowest BCUT2D eigenvalue weighted by molar-refractivity contribution is 0.256. The van der Waals surface area contributed by atoms with Crippen LogP contribution in [0, 0.1) is 12.8 Å². The standard InChI is InChI=1S/C18H28N2O/c1-14-8-9-18(21-2)17(12-14)20-11-10-19-16(13-20)15-6-4-3-5-7-15/h8-9,12,15-16,19H,3-7,10-11,13H2,1-2H3. The second-order valence-corrected chi connectivity index (χ2v) is 6.58. The first-order valence-corrected chi connectivity index (χ1v) is 8.41. The van der Waals surface area contributed by atoms with Crippen LogP contribution in [-0.2, 0) is 0 Å². The summed E-state index contributed by atoms with van der Waals surface area (Å²) in [5, 5.41) is 3.76. The minimum atomic E-state index is 0.643. The van der Waals surface area contributed by atoms with E-state index in [1.165, 1.54) is 43.4 Å². The Morgan fingerprint density at radius 2 is 2.00 bits per heavy atom. The van der Waals surface area contributed by atoms with Gasteiger partial charge >= 0.3 is 0 Å². The summed E-state index contributed by atoms with van der Waals surface area (Å²) in [6, 6.07) is 7.14.